The van der Waals surface area contributed by atoms with Crippen LogP contribution in [0.25, 0.3) is 0 Å². The number of hydrogen-bond acceptors (Lipinski definition) is 2. The van der Waals surface area contributed by atoms with E-state index in [9.17, 15) is 4.79 Å². The molecule has 88 valence electrons. The maximum absolute atomic E-state index is 11.6. The average Bonchev–Trinajstić information content (AvgIpc) is 2.17. The van der Waals surface area contributed by atoms with E-state index >= 15 is 0 Å². The predicted octanol–water partition coefficient (Wildman–Crippen LogP) is 3.15. The molecule has 0 saturated heterocycles. The first-order valence-corrected chi connectivity index (χ1v) is 5.79. The van der Waals surface area contributed by atoms with Crippen molar-refractivity contribution in [1.29, 1.82) is 0 Å². The largest absolute Gasteiger partial charge is 0.299 e. The van der Waals surface area contributed by atoms with E-state index in [-0.39, 0.29) is 17.1 Å². The van der Waals surface area contributed by atoms with Gasteiger partial charge in [-0.15, -0.1) is 0 Å². The van der Waals surface area contributed by atoms with Crippen molar-refractivity contribution in [1.82, 2.24) is 4.98 Å². The second-order valence-corrected chi connectivity index (χ2v) is 5.59. The van der Waals surface area contributed by atoms with Gasteiger partial charge in [0.05, 0.1) is 0 Å². The lowest BCUT2D eigenvalue weighted by molar-refractivity contribution is -0.121. The topological polar surface area (TPSA) is 30.0 Å². The Morgan fingerprint density at radius 2 is 1.94 bits per heavy atom. The summed E-state index contributed by atoms with van der Waals surface area (Å²) in [5, 5.41) is 0. The summed E-state index contributed by atoms with van der Waals surface area (Å²) in [5.74, 6) is 0.333. The minimum absolute atomic E-state index is 0.0871. The van der Waals surface area contributed by atoms with Crippen molar-refractivity contribution in [2.45, 2.75) is 46.5 Å². The van der Waals surface area contributed by atoms with Crippen molar-refractivity contribution in [3.05, 3.63) is 29.6 Å². The smallest absolute Gasteiger partial charge is 0.141 e. The fourth-order valence-corrected chi connectivity index (χ4v) is 1.36. The molecular weight excluding hydrogens is 198 g/mol. The van der Waals surface area contributed by atoms with E-state index in [0.29, 0.717) is 6.42 Å². The number of carbonyl (C=O) groups excluding carboxylic acids is 1. The van der Waals surface area contributed by atoms with Gasteiger partial charge in [0.2, 0.25) is 0 Å². The van der Waals surface area contributed by atoms with Gasteiger partial charge in [0, 0.05) is 24.2 Å². The Hall–Kier alpha value is -1.18. The molecule has 1 heterocycles. The zero-order valence-electron chi connectivity index (χ0n) is 10.9. The maximum Gasteiger partial charge on any atom is 0.141 e. The Balaban J connectivity index is 2.76. The third-order valence-electron chi connectivity index (χ3n) is 2.69. The Morgan fingerprint density at radius 3 is 2.31 bits per heavy atom. The highest BCUT2D eigenvalue weighted by Crippen LogP contribution is 2.21. The van der Waals surface area contributed by atoms with E-state index < -0.39 is 0 Å². The first kappa shape index (κ1) is 12.9. The zero-order chi connectivity index (χ0) is 12.3. The number of Topliss-reactive ketones (excluding diaryl/α,β-unsaturated/α-hetero) is 1. The normalized spacial score (nSPS) is 11.9. The second kappa shape index (κ2) is 4.77. The van der Waals surface area contributed by atoms with Crippen molar-refractivity contribution in [2.75, 3.05) is 0 Å². The molecule has 0 fully saturated rings. The quantitative estimate of drug-likeness (QED) is 0.781. The number of nitrogens with zero attached hydrogens (tertiary/aromatic N) is 1. The van der Waals surface area contributed by atoms with Gasteiger partial charge in [-0.3, -0.25) is 9.78 Å². The lowest BCUT2D eigenvalue weighted by Crippen LogP contribution is -2.14. The van der Waals surface area contributed by atoms with E-state index in [1.54, 1.807) is 0 Å². The molecule has 0 aliphatic carbocycles. The van der Waals surface area contributed by atoms with Gasteiger partial charge in [0.25, 0.3) is 0 Å². The van der Waals surface area contributed by atoms with E-state index in [2.05, 4.69) is 31.8 Å². The van der Waals surface area contributed by atoms with Crippen LogP contribution < -0.4 is 0 Å². The number of aromatic nitrogens is 1. The Bertz CT molecular complexity index is 357. The first-order chi connectivity index (χ1) is 7.30. The summed E-state index contributed by atoms with van der Waals surface area (Å²) in [6.07, 6.45) is 2.32. The standard InChI is InChI=1S/C14H21NO/c1-10(2)13(16)8-12-7-6-11(9-15-12)14(3,4)5/h6-7,9-10H,8H2,1-5H3. The van der Waals surface area contributed by atoms with Crippen LogP contribution in [0.1, 0.15) is 45.9 Å². The van der Waals surface area contributed by atoms with Crippen LogP contribution in [0.15, 0.2) is 18.3 Å². The first-order valence-electron chi connectivity index (χ1n) is 5.79. The highest BCUT2D eigenvalue weighted by molar-refractivity contribution is 5.82. The summed E-state index contributed by atoms with van der Waals surface area (Å²) in [5.41, 5.74) is 2.19. The van der Waals surface area contributed by atoms with Gasteiger partial charge in [0.15, 0.2) is 0 Å². The molecule has 1 rings (SSSR count). The molecule has 0 aromatic carbocycles. The van der Waals surface area contributed by atoms with E-state index in [1.807, 2.05) is 26.1 Å². The van der Waals surface area contributed by atoms with Crippen LogP contribution in [0.3, 0.4) is 0 Å². The molecule has 0 amide bonds. The fourth-order valence-electron chi connectivity index (χ4n) is 1.36. The van der Waals surface area contributed by atoms with Crippen molar-refractivity contribution in [3.63, 3.8) is 0 Å². The van der Waals surface area contributed by atoms with Gasteiger partial charge in [-0.1, -0.05) is 40.7 Å². The molecule has 0 radical (unpaired) electrons. The molecule has 1 aromatic rings. The highest BCUT2D eigenvalue weighted by atomic mass is 16.1. The molecular formula is C14H21NO. The molecule has 0 aliphatic rings. The van der Waals surface area contributed by atoms with Crippen molar-refractivity contribution < 1.29 is 4.79 Å². The third kappa shape index (κ3) is 3.44. The molecule has 0 unspecified atom stereocenters. The van der Waals surface area contributed by atoms with Crippen LogP contribution >= 0.6 is 0 Å². The molecule has 0 atom stereocenters. The third-order valence-corrected chi connectivity index (χ3v) is 2.69. The monoisotopic (exact) mass is 219 g/mol. The summed E-state index contributed by atoms with van der Waals surface area (Å²) >= 11 is 0. The molecule has 0 N–H and O–H groups in total. The molecule has 0 saturated carbocycles. The lowest BCUT2D eigenvalue weighted by atomic mass is 9.88. The number of rotatable bonds is 3. The van der Waals surface area contributed by atoms with Gasteiger partial charge in [-0.25, -0.2) is 0 Å². The van der Waals surface area contributed by atoms with Crippen LogP contribution in [0.2, 0.25) is 0 Å². The van der Waals surface area contributed by atoms with Gasteiger partial charge in [0.1, 0.15) is 5.78 Å². The molecule has 2 nitrogen and oxygen atoms in total. The minimum Gasteiger partial charge on any atom is -0.299 e. The van der Waals surface area contributed by atoms with Crippen LogP contribution in [-0.4, -0.2) is 10.8 Å². The summed E-state index contributed by atoms with van der Waals surface area (Å²) in [6, 6.07) is 4.02. The maximum atomic E-state index is 11.6. The molecule has 0 bridgehead atoms. The van der Waals surface area contributed by atoms with E-state index in [0.717, 1.165) is 5.69 Å². The molecule has 1 aromatic heterocycles. The van der Waals surface area contributed by atoms with Gasteiger partial charge in [-0.05, 0) is 17.0 Å². The lowest BCUT2D eigenvalue weighted by Gasteiger charge is -2.18. The summed E-state index contributed by atoms with van der Waals surface area (Å²) in [4.78, 5) is 15.9. The summed E-state index contributed by atoms with van der Waals surface area (Å²) in [7, 11) is 0. The Labute approximate surface area is 98.1 Å². The van der Waals surface area contributed by atoms with Crippen LogP contribution in [0.5, 0.6) is 0 Å². The van der Waals surface area contributed by atoms with Crippen molar-refractivity contribution in [2.24, 2.45) is 5.92 Å². The van der Waals surface area contributed by atoms with Crippen molar-refractivity contribution in [3.8, 4) is 0 Å². The van der Waals surface area contributed by atoms with Gasteiger partial charge < -0.3 is 0 Å². The molecule has 16 heavy (non-hydrogen) atoms. The number of hydrogen-bond donors (Lipinski definition) is 0. The summed E-state index contributed by atoms with van der Waals surface area (Å²) < 4.78 is 0. The molecule has 0 spiro atoms. The van der Waals surface area contributed by atoms with E-state index in [4.69, 9.17) is 0 Å². The molecule has 0 aliphatic heterocycles. The van der Waals surface area contributed by atoms with Gasteiger partial charge >= 0.3 is 0 Å². The predicted molar refractivity (Wildman–Crippen MR) is 66.5 cm³/mol. The Kier molecular flexibility index (Phi) is 3.84. The average molecular weight is 219 g/mol. The summed E-state index contributed by atoms with van der Waals surface area (Å²) in [6.45, 7) is 10.3. The SMILES string of the molecule is CC(C)C(=O)Cc1ccc(C(C)(C)C)cn1. The number of carbonyl (C=O) groups is 1. The second-order valence-electron chi connectivity index (χ2n) is 5.59. The van der Waals surface area contributed by atoms with Crippen molar-refractivity contribution >= 4 is 5.78 Å². The molecule has 2 heteroatoms. The van der Waals surface area contributed by atoms with Crippen LogP contribution in [0.4, 0.5) is 0 Å². The van der Waals surface area contributed by atoms with Gasteiger partial charge in [-0.2, -0.15) is 0 Å². The minimum atomic E-state index is 0.0871. The number of ketones is 1. The van der Waals surface area contributed by atoms with E-state index in [1.165, 1.54) is 5.56 Å². The fraction of sp³-hybridized carbons (Fsp3) is 0.571. The Morgan fingerprint density at radius 1 is 1.31 bits per heavy atom. The zero-order valence-corrected chi connectivity index (χ0v) is 10.9. The number of pyridine rings is 1. The van der Waals surface area contributed by atoms with Crippen LogP contribution in [0, 0.1) is 5.92 Å². The van der Waals surface area contributed by atoms with Crippen LogP contribution in [-0.2, 0) is 16.6 Å². The highest BCUT2D eigenvalue weighted by Gasteiger charge is 2.14.